The number of rotatable bonds is 3. The van der Waals surface area contributed by atoms with Gasteiger partial charge in [0.1, 0.15) is 16.5 Å². The second-order valence-electron chi connectivity index (χ2n) is 4.60. The van der Waals surface area contributed by atoms with Crippen LogP contribution in [0, 0.1) is 0 Å². The van der Waals surface area contributed by atoms with Crippen molar-refractivity contribution >= 4 is 41.9 Å². The highest BCUT2D eigenvalue weighted by molar-refractivity contribution is 7.10. The van der Waals surface area contributed by atoms with Crippen molar-refractivity contribution in [1.29, 1.82) is 0 Å². The van der Waals surface area contributed by atoms with Crippen LogP contribution in [0.5, 0.6) is 5.75 Å². The molecule has 4 nitrogen and oxygen atoms in total. The van der Waals surface area contributed by atoms with E-state index < -0.39 is 0 Å². The van der Waals surface area contributed by atoms with Crippen LogP contribution in [0.1, 0.15) is 39.9 Å². The van der Waals surface area contributed by atoms with Crippen molar-refractivity contribution in [3.05, 3.63) is 45.9 Å². The number of thiazole rings is 1. The lowest BCUT2D eigenvalue weighted by atomic mass is 10.1. The summed E-state index contributed by atoms with van der Waals surface area (Å²) in [6, 6.07) is 6.65. The summed E-state index contributed by atoms with van der Waals surface area (Å²) < 4.78 is 0. The maximum Gasteiger partial charge on any atom is 0.212 e. The molecule has 0 saturated carbocycles. The summed E-state index contributed by atoms with van der Waals surface area (Å²) >= 11 is 1.52. The number of hydrogen-bond donors (Lipinski definition) is 2. The zero-order valence-corrected chi connectivity index (χ0v) is 13.6. The summed E-state index contributed by atoms with van der Waals surface area (Å²) in [5.74, 6) is -0.0461. The minimum atomic E-state index is -0.142. The Morgan fingerprint density at radius 1 is 1.38 bits per heavy atom. The van der Waals surface area contributed by atoms with Crippen molar-refractivity contribution in [3.63, 3.8) is 0 Å². The van der Waals surface area contributed by atoms with Crippen molar-refractivity contribution in [2.75, 3.05) is 6.54 Å². The van der Waals surface area contributed by atoms with E-state index in [0.717, 1.165) is 24.4 Å². The molecule has 1 aromatic heterocycles. The van der Waals surface area contributed by atoms with Crippen LogP contribution in [0.25, 0.3) is 0 Å². The number of nitrogens with zero attached hydrogens (tertiary/aromatic N) is 1. The molecule has 1 unspecified atom stereocenters. The van der Waals surface area contributed by atoms with Gasteiger partial charge in [-0.05, 0) is 31.5 Å². The highest BCUT2D eigenvalue weighted by Gasteiger charge is 2.21. The van der Waals surface area contributed by atoms with E-state index in [1.54, 1.807) is 23.6 Å². The van der Waals surface area contributed by atoms with Crippen molar-refractivity contribution in [1.82, 2.24) is 10.3 Å². The van der Waals surface area contributed by atoms with Crippen LogP contribution in [0.15, 0.2) is 29.6 Å². The molecule has 1 fully saturated rings. The maximum absolute atomic E-state index is 12.2. The Labute approximate surface area is 139 Å². The monoisotopic (exact) mass is 346 g/mol. The van der Waals surface area contributed by atoms with Crippen LogP contribution in [-0.2, 0) is 0 Å². The van der Waals surface area contributed by atoms with Crippen molar-refractivity contribution < 1.29 is 9.90 Å². The van der Waals surface area contributed by atoms with Gasteiger partial charge >= 0.3 is 0 Å². The highest BCUT2D eigenvalue weighted by Crippen LogP contribution is 2.26. The number of nitrogens with one attached hydrogen (secondary N) is 1. The Balaban J connectivity index is 0.00000110. The number of aromatic hydroxyl groups is 1. The molecule has 0 radical (unpaired) electrons. The number of benzene rings is 1. The lowest BCUT2D eigenvalue weighted by molar-refractivity contribution is 0.103. The number of phenols is 1. The number of ketones is 1. The molecule has 1 aliphatic heterocycles. The summed E-state index contributed by atoms with van der Waals surface area (Å²) in [5, 5.41) is 15.5. The molecule has 2 N–H and O–H groups in total. The highest BCUT2D eigenvalue weighted by atomic mass is 35.5. The quantitative estimate of drug-likeness (QED) is 0.836. The summed E-state index contributed by atoms with van der Waals surface area (Å²) in [6.07, 6.45) is 2.23. The van der Waals surface area contributed by atoms with Gasteiger partial charge in [0, 0.05) is 10.9 Å². The Morgan fingerprint density at radius 2 is 2.19 bits per heavy atom. The van der Waals surface area contributed by atoms with Crippen LogP contribution in [0.4, 0.5) is 0 Å². The van der Waals surface area contributed by atoms with Gasteiger partial charge in [-0.1, -0.05) is 12.1 Å². The van der Waals surface area contributed by atoms with Crippen LogP contribution in [0.3, 0.4) is 0 Å². The fourth-order valence-electron chi connectivity index (χ4n) is 2.24. The van der Waals surface area contributed by atoms with Crippen LogP contribution >= 0.6 is 36.2 Å². The zero-order chi connectivity index (χ0) is 13.2. The van der Waals surface area contributed by atoms with Crippen LogP contribution in [-0.4, -0.2) is 22.4 Å². The van der Waals surface area contributed by atoms with Gasteiger partial charge in [0.2, 0.25) is 5.78 Å². The van der Waals surface area contributed by atoms with E-state index in [1.807, 2.05) is 0 Å². The predicted octanol–water partition coefficient (Wildman–Crippen LogP) is 3.35. The molecule has 0 bridgehead atoms. The minimum Gasteiger partial charge on any atom is -0.508 e. The zero-order valence-electron chi connectivity index (χ0n) is 11.1. The van der Waals surface area contributed by atoms with E-state index >= 15 is 0 Å². The lowest BCUT2D eigenvalue weighted by Crippen LogP contribution is -2.13. The number of carbonyl (C=O) groups excluding carboxylic acids is 1. The SMILES string of the molecule is Cl.Cl.O=C(c1cccc(O)c1)c1csc(C2CCCN2)n1. The van der Waals surface area contributed by atoms with Gasteiger partial charge < -0.3 is 10.4 Å². The molecule has 2 heterocycles. The molecule has 3 rings (SSSR count). The normalized spacial score (nSPS) is 16.9. The van der Waals surface area contributed by atoms with Gasteiger partial charge in [-0.2, -0.15) is 0 Å². The second-order valence-corrected chi connectivity index (χ2v) is 5.49. The standard InChI is InChI=1S/C14H14N2O2S.2ClH/c17-10-4-1-3-9(7-10)13(18)12-8-19-14(16-12)11-5-2-6-15-11;;/h1,3-4,7-8,11,15,17H,2,5-6H2;2*1H. The molecule has 2 aromatic rings. The minimum absolute atomic E-state index is 0. The molecule has 21 heavy (non-hydrogen) atoms. The summed E-state index contributed by atoms with van der Waals surface area (Å²) in [7, 11) is 0. The molecule has 1 saturated heterocycles. The van der Waals surface area contributed by atoms with E-state index in [2.05, 4.69) is 10.3 Å². The molecule has 114 valence electrons. The lowest BCUT2D eigenvalue weighted by Gasteiger charge is -2.04. The third kappa shape index (κ3) is 3.95. The van der Waals surface area contributed by atoms with Crippen molar-refractivity contribution in [2.45, 2.75) is 18.9 Å². The molecule has 0 aliphatic carbocycles. The van der Waals surface area contributed by atoms with Gasteiger partial charge in [0.25, 0.3) is 0 Å². The van der Waals surface area contributed by atoms with E-state index in [-0.39, 0.29) is 42.4 Å². The van der Waals surface area contributed by atoms with E-state index in [4.69, 9.17) is 0 Å². The van der Waals surface area contributed by atoms with Crippen LogP contribution < -0.4 is 5.32 Å². The Morgan fingerprint density at radius 3 is 2.86 bits per heavy atom. The largest absolute Gasteiger partial charge is 0.508 e. The third-order valence-electron chi connectivity index (χ3n) is 3.22. The van der Waals surface area contributed by atoms with Crippen LogP contribution in [0.2, 0.25) is 0 Å². The van der Waals surface area contributed by atoms with E-state index in [9.17, 15) is 9.90 Å². The molecular formula is C14H16Cl2N2O2S. The fraction of sp³-hybridized carbons (Fsp3) is 0.286. The average molecular weight is 347 g/mol. The number of halogens is 2. The number of aromatic nitrogens is 1. The number of carbonyl (C=O) groups is 1. The van der Waals surface area contributed by atoms with Gasteiger partial charge in [-0.25, -0.2) is 4.98 Å². The number of hydrogen-bond acceptors (Lipinski definition) is 5. The average Bonchev–Trinajstić information content (AvgIpc) is 3.08. The maximum atomic E-state index is 12.2. The summed E-state index contributed by atoms with van der Waals surface area (Å²) in [6.45, 7) is 1.01. The molecular weight excluding hydrogens is 331 g/mol. The topological polar surface area (TPSA) is 62.2 Å². The first-order valence-electron chi connectivity index (χ1n) is 6.26. The van der Waals surface area contributed by atoms with E-state index in [0.29, 0.717) is 11.3 Å². The summed E-state index contributed by atoms with van der Waals surface area (Å²) in [4.78, 5) is 16.7. The Hall–Kier alpha value is -1.14. The molecule has 0 spiro atoms. The van der Waals surface area contributed by atoms with Gasteiger partial charge in [0.05, 0.1) is 6.04 Å². The molecule has 1 aromatic carbocycles. The van der Waals surface area contributed by atoms with Crippen molar-refractivity contribution in [3.8, 4) is 5.75 Å². The van der Waals surface area contributed by atoms with Gasteiger partial charge in [0.15, 0.2) is 0 Å². The first kappa shape index (κ1) is 17.9. The van der Waals surface area contributed by atoms with Gasteiger partial charge in [-0.3, -0.25) is 4.79 Å². The fourth-order valence-corrected chi connectivity index (χ4v) is 3.15. The first-order chi connectivity index (χ1) is 9.24. The van der Waals surface area contributed by atoms with Crippen molar-refractivity contribution in [2.24, 2.45) is 0 Å². The second kappa shape index (κ2) is 7.75. The molecule has 1 atom stereocenters. The predicted molar refractivity (Wildman–Crippen MR) is 88.1 cm³/mol. The molecule has 7 heteroatoms. The van der Waals surface area contributed by atoms with E-state index in [1.165, 1.54) is 17.4 Å². The first-order valence-corrected chi connectivity index (χ1v) is 7.14. The summed E-state index contributed by atoms with van der Waals surface area (Å²) in [5.41, 5.74) is 0.926. The number of phenolic OH excluding ortho intramolecular Hbond substituents is 1. The molecule has 1 aliphatic rings. The smallest absolute Gasteiger partial charge is 0.212 e. The molecule has 0 amide bonds. The Bertz CT molecular complexity index is 613. The third-order valence-corrected chi connectivity index (χ3v) is 4.18. The van der Waals surface area contributed by atoms with Gasteiger partial charge in [-0.15, -0.1) is 36.2 Å². The Kier molecular flexibility index (Phi) is 6.61.